The van der Waals surface area contributed by atoms with Gasteiger partial charge in [-0.1, -0.05) is 0 Å². The Labute approximate surface area is 149 Å². The number of nitrogens with one attached hydrogen (secondary N) is 1. The summed E-state index contributed by atoms with van der Waals surface area (Å²) >= 11 is 0. The first-order chi connectivity index (χ1) is 11.8. The molecule has 0 bridgehead atoms. The summed E-state index contributed by atoms with van der Waals surface area (Å²) in [4.78, 5) is 37.1. The highest BCUT2D eigenvalue weighted by molar-refractivity contribution is 6.07. The van der Waals surface area contributed by atoms with Crippen molar-refractivity contribution in [2.24, 2.45) is 5.92 Å². The Hall–Kier alpha value is -2.08. The van der Waals surface area contributed by atoms with Crippen LogP contribution in [-0.2, 0) is 14.3 Å². The van der Waals surface area contributed by atoms with Crippen molar-refractivity contribution in [3.8, 4) is 0 Å². The smallest absolute Gasteiger partial charge is 0.293 e. The predicted molar refractivity (Wildman–Crippen MR) is 95.3 cm³/mol. The standard InChI is InChI=1S/C14H18N2O2.C5H10O2/c17-13(9-11-1-5-15-6-2-11)10-14(18)12-3-7-16-8-4-12;1-5(2,3)7-4-6/h3-4,7-8,11,15H,1-2,5-6,9-10H2;4H,1-3H3. The van der Waals surface area contributed by atoms with Crippen molar-refractivity contribution in [2.45, 2.75) is 52.1 Å². The lowest BCUT2D eigenvalue weighted by Crippen LogP contribution is -2.29. The van der Waals surface area contributed by atoms with Crippen LogP contribution in [-0.4, -0.2) is 41.7 Å². The number of ether oxygens (including phenoxy) is 1. The summed E-state index contributed by atoms with van der Waals surface area (Å²) in [6, 6.07) is 3.31. The largest absolute Gasteiger partial charge is 0.462 e. The third kappa shape index (κ3) is 9.72. The third-order valence-corrected chi connectivity index (χ3v) is 3.74. The van der Waals surface area contributed by atoms with E-state index < -0.39 is 0 Å². The lowest BCUT2D eigenvalue weighted by Gasteiger charge is -2.21. The number of Topliss-reactive ketones (excluding diaryl/α,β-unsaturated/α-hetero) is 2. The second kappa shape index (κ2) is 10.7. The van der Waals surface area contributed by atoms with E-state index in [1.165, 1.54) is 0 Å². The number of hydrogen-bond donors (Lipinski definition) is 1. The van der Waals surface area contributed by atoms with E-state index in [0.29, 0.717) is 24.4 Å². The van der Waals surface area contributed by atoms with Crippen LogP contribution in [0.2, 0.25) is 0 Å². The maximum Gasteiger partial charge on any atom is 0.293 e. The minimum atomic E-state index is -0.318. The van der Waals surface area contributed by atoms with Gasteiger partial charge in [-0.05, 0) is 64.8 Å². The Morgan fingerprint density at radius 2 is 1.84 bits per heavy atom. The van der Waals surface area contributed by atoms with Gasteiger partial charge in [0.15, 0.2) is 5.78 Å². The van der Waals surface area contributed by atoms with Crippen LogP contribution in [0.3, 0.4) is 0 Å². The Balaban J connectivity index is 0.000000381. The number of rotatable bonds is 6. The first-order valence-electron chi connectivity index (χ1n) is 8.59. The molecule has 0 aliphatic carbocycles. The van der Waals surface area contributed by atoms with E-state index >= 15 is 0 Å². The fraction of sp³-hybridized carbons (Fsp3) is 0.579. The van der Waals surface area contributed by atoms with Crippen molar-refractivity contribution < 1.29 is 19.1 Å². The SMILES string of the molecule is CC(C)(C)OC=O.O=C(CC(=O)c1ccncc1)CC1CCNCC1. The van der Waals surface area contributed by atoms with Gasteiger partial charge in [0.2, 0.25) is 0 Å². The molecule has 0 amide bonds. The van der Waals surface area contributed by atoms with Crippen molar-refractivity contribution in [1.29, 1.82) is 0 Å². The zero-order valence-corrected chi connectivity index (χ0v) is 15.3. The Bertz CT molecular complexity index is 546. The summed E-state index contributed by atoms with van der Waals surface area (Å²) in [6.45, 7) is 7.89. The van der Waals surface area contributed by atoms with Gasteiger partial charge in [0, 0.05) is 24.4 Å². The monoisotopic (exact) mass is 348 g/mol. The highest BCUT2D eigenvalue weighted by atomic mass is 16.5. The molecule has 1 saturated heterocycles. The van der Waals surface area contributed by atoms with Gasteiger partial charge in [-0.3, -0.25) is 19.4 Å². The molecular formula is C19H28N2O4. The maximum atomic E-state index is 11.8. The number of carbonyl (C=O) groups is 3. The lowest BCUT2D eigenvalue weighted by atomic mass is 9.91. The molecule has 6 nitrogen and oxygen atoms in total. The Morgan fingerprint density at radius 3 is 2.32 bits per heavy atom. The van der Waals surface area contributed by atoms with Gasteiger partial charge in [0.1, 0.15) is 11.4 Å². The number of pyridine rings is 1. The summed E-state index contributed by atoms with van der Waals surface area (Å²) in [5.74, 6) is 0.407. The molecule has 138 valence electrons. The van der Waals surface area contributed by atoms with E-state index in [-0.39, 0.29) is 23.6 Å². The van der Waals surface area contributed by atoms with E-state index in [0.717, 1.165) is 25.9 Å². The van der Waals surface area contributed by atoms with Gasteiger partial charge in [-0.2, -0.15) is 0 Å². The summed E-state index contributed by atoms with van der Waals surface area (Å²) in [5, 5.41) is 3.27. The quantitative estimate of drug-likeness (QED) is 0.483. The van der Waals surface area contributed by atoms with Crippen LogP contribution in [0.4, 0.5) is 0 Å². The number of nitrogens with zero attached hydrogens (tertiary/aromatic N) is 1. The summed E-state index contributed by atoms with van der Waals surface area (Å²) < 4.78 is 4.55. The summed E-state index contributed by atoms with van der Waals surface area (Å²) in [5.41, 5.74) is 0.255. The number of aromatic nitrogens is 1. The molecule has 0 aromatic carbocycles. The van der Waals surface area contributed by atoms with Crippen molar-refractivity contribution in [1.82, 2.24) is 10.3 Å². The molecule has 0 unspecified atom stereocenters. The second-order valence-corrected chi connectivity index (χ2v) is 7.10. The summed E-state index contributed by atoms with van der Waals surface area (Å²) in [6.07, 6.45) is 5.78. The topological polar surface area (TPSA) is 85.4 Å². The van der Waals surface area contributed by atoms with Crippen LogP contribution in [0.25, 0.3) is 0 Å². The normalized spacial score (nSPS) is 14.8. The van der Waals surface area contributed by atoms with Gasteiger partial charge in [-0.15, -0.1) is 0 Å². The van der Waals surface area contributed by atoms with Gasteiger partial charge in [-0.25, -0.2) is 0 Å². The molecule has 25 heavy (non-hydrogen) atoms. The average molecular weight is 348 g/mol. The molecule has 1 aliphatic rings. The Morgan fingerprint density at radius 1 is 1.24 bits per heavy atom. The third-order valence-electron chi connectivity index (χ3n) is 3.74. The minimum Gasteiger partial charge on any atom is -0.462 e. The molecule has 0 spiro atoms. The maximum absolute atomic E-state index is 11.8. The summed E-state index contributed by atoms with van der Waals surface area (Å²) in [7, 11) is 0. The van der Waals surface area contributed by atoms with Crippen LogP contribution < -0.4 is 5.32 Å². The predicted octanol–water partition coefficient (Wildman–Crippen LogP) is 2.57. The molecule has 1 fully saturated rings. The van der Waals surface area contributed by atoms with E-state index in [1.807, 2.05) is 20.8 Å². The van der Waals surface area contributed by atoms with Gasteiger partial charge in [0.05, 0.1) is 6.42 Å². The minimum absolute atomic E-state index is 0.0218. The van der Waals surface area contributed by atoms with Crippen LogP contribution in [0, 0.1) is 5.92 Å². The average Bonchev–Trinajstić information content (AvgIpc) is 2.56. The number of ketones is 2. The van der Waals surface area contributed by atoms with Crippen LogP contribution in [0.15, 0.2) is 24.5 Å². The lowest BCUT2D eigenvalue weighted by molar-refractivity contribution is -0.138. The Kier molecular flexibility index (Phi) is 8.99. The molecular weight excluding hydrogens is 320 g/mol. The van der Waals surface area contributed by atoms with E-state index in [2.05, 4.69) is 15.0 Å². The molecule has 1 aliphatic heterocycles. The molecule has 2 rings (SSSR count). The molecule has 1 N–H and O–H groups in total. The molecule has 0 atom stereocenters. The van der Waals surface area contributed by atoms with Crippen molar-refractivity contribution >= 4 is 18.0 Å². The first-order valence-corrected chi connectivity index (χ1v) is 8.59. The van der Waals surface area contributed by atoms with E-state index in [1.54, 1.807) is 24.5 Å². The number of piperidine rings is 1. The second-order valence-electron chi connectivity index (χ2n) is 7.10. The number of carbonyl (C=O) groups excluding carboxylic acids is 3. The fourth-order valence-electron chi connectivity index (χ4n) is 2.44. The van der Waals surface area contributed by atoms with Gasteiger partial charge < -0.3 is 10.1 Å². The fourth-order valence-corrected chi connectivity index (χ4v) is 2.44. The van der Waals surface area contributed by atoms with E-state index in [4.69, 9.17) is 0 Å². The van der Waals surface area contributed by atoms with Crippen molar-refractivity contribution in [3.63, 3.8) is 0 Å². The highest BCUT2D eigenvalue weighted by Crippen LogP contribution is 2.17. The van der Waals surface area contributed by atoms with E-state index in [9.17, 15) is 14.4 Å². The zero-order valence-electron chi connectivity index (χ0n) is 15.3. The zero-order chi connectivity index (χ0) is 18.7. The van der Waals surface area contributed by atoms with Gasteiger partial charge in [0.25, 0.3) is 6.47 Å². The molecule has 2 heterocycles. The molecule has 1 aromatic rings. The molecule has 1 aromatic heterocycles. The van der Waals surface area contributed by atoms with Crippen molar-refractivity contribution in [3.05, 3.63) is 30.1 Å². The van der Waals surface area contributed by atoms with Gasteiger partial charge >= 0.3 is 0 Å². The van der Waals surface area contributed by atoms with Crippen LogP contribution in [0.5, 0.6) is 0 Å². The first kappa shape index (κ1) is 21.0. The molecule has 0 saturated carbocycles. The molecule has 0 radical (unpaired) electrons. The highest BCUT2D eigenvalue weighted by Gasteiger charge is 2.19. The van der Waals surface area contributed by atoms with Crippen LogP contribution >= 0.6 is 0 Å². The van der Waals surface area contributed by atoms with Crippen LogP contribution in [0.1, 0.15) is 56.8 Å². The number of hydrogen-bond acceptors (Lipinski definition) is 6. The molecule has 6 heteroatoms. The van der Waals surface area contributed by atoms with Crippen molar-refractivity contribution in [2.75, 3.05) is 13.1 Å².